The molecule has 2 amide bonds. The van der Waals surface area contributed by atoms with E-state index in [1.54, 1.807) is 29.5 Å². The zero-order valence-electron chi connectivity index (χ0n) is 16.0. The molecule has 0 bridgehead atoms. The van der Waals surface area contributed by atoms with E-state index in [1.807, 2.05) is 19.2 Å². The van der Waals surface area contributed by atoms with Crippen molar-refractivity contribution in [3.05, 3.63) is 33.9 Å². The minimum absolute atomic E-state index is 0.142. The van der Waals surface area contributed by atoms with Crippen molar-refractivity contribution < 1.29 is 4.79 Å². The van der Waals surface area contributed by atoms with Crippen LogP contribution in [0.15, 0.2) is 18.5 Å². The molecule has 1 aliphatic heterocycles. The van der Waals surface area contributed by atoms with Gasteiger partial charge in [0.05, 0.1) is 23.4 Å². The topological polar surface area (TPSA) is 61.4 Å². The number of carbonyl (C=O) groups is 1. The van der Waals surface area contributed by atoms with Gasteiger partial charge in [-0.2, -0.15) is 0 Å². The number of amides is 2. The van der Waals surface area contributed by atoms with Gasteiger partial charge in [0.25, 0.3) is 0 Å². The summed E-state index contributed by atoms with van der Waals surface area (Å²) < 4.78 is 0. The second-order valence-electron chi connectivity index (χ2n) is 7.03. The minimum Gasteiger partial charge on any atom is -0.354 e. The Bertz CT molecular complexity index is 775. The van der Waals surface area contributed by atoms with Gasteiger partial charge < -0.3 is 15.1 Å². The summed E-state index contributed by atoms with van der Waals surface area (Å²) in [7, 11) is 1.79. The molecule has 0 aliphatic carbocycles. The standard InChI is InChI=1S/C19H27N5OS/c1-13-9-16(10-21-18(13)24-8-6-5-7-14(24)2)22-19(25)23(4)12-17-11-20-15(3)26-17/h9-11,14H,5-8,12H2,1-4H3,(H,22,25). The maximum Gasteiger partial charge on any atom is 0.321 e. The number of aryl methyl sites for hydroxylation is 2. The van der Waals surface area contributed by atoms with Crippen molar-refractivity contribution in [2.75, 3.05) is 23.8 Å². The molecule has 7 heteroatoms. The van der Waals surface area contributed by atoms with Crippen molar-refractivity contribution in [1.29, 1.82) is 0 Å². The summed E-state index contributed by atoms with van der Waals surface area (Å²) in [6.07, 6.45) is 7.29. The van der Waals surface area contributed by atoms with Gasteiger partial charge in [-0.15, -0.1) is 11.3 Å². The number of pyridine rings is 1. The quantitative estimate of drug-likeness (QED) is 0.872. The smallest absolute Gasteiger partial charge is 0.321 e. The highest BCUT2D eigenvalue weighted by molar-refractivity contribution is 7.11. The van der Waals surface area contributed by atoms with Crippen molar-refractivity contribution in [3.8, 4) is 0 Å². The van der Waals surface area contributed by atoms with E-state index in [0.29, 0.717) is 12.6 Å². The third-order valence-electron chi connectivity index (χ3n) is 4.79. The lowest BCUT2D eigenvalue weighted by molar-refractivity contribution is 0.221. The van der Waals surface area contributed by atoms with Gasteiger partial charge >= 0.3 is 6.03 Å². The normalized spacial score (nSPS) is 17.2. The summed E-state index contributed by atoms with van der Waals surface area (Å²) in [6, 6.07) is 2.38. The number of aromatic nitrogens is 2. The van der Waals surface area contributed by atoms with Crippen LogP contribution < -0.4 is 10.2 Å². The maximum absolute atomic E-state index is 12.4. The number of hydrogen-bond acceptors (Lipinski definition) is 5. The zero-order valence-corrected chi connectivity index (χ0v) is 16.8. The molecule has 0 aromatic carbocycles. The lowest BCUT2D eigenvalue weighted by Crippen LogP contribution is -2.38. The van der Waals surface area contributed by atoms with Gasteiger partial charge in [0, 0.05) is 30.7 Å². The van der Waals surface area contributed by atoms with E-state index in [0.717, 1.165) is 33.5 Å². The van der Waals surface area contributed by atoms with Crippen molar-refractivity contribution in [1.82, 2.24) is 14.9 Å². The van der Waals surface area contributed by atoms with E-state index in [4.69, 9.17) is 0 Å². The summed E-state index contributed by atoms with van der Waals surface area (Å²) in [5.41, 5.74) is 1.82. The number of carbonyl (C=O) groups excluding carboxylic acids is 1. The number of rotatable bonds is 4. The number of urea groups is 1. The SMILES string of the molecule is Cc1ncc(CN(C)C(=O)Nc2cnc(N3CCCCC3C)c(C)c2)s1. The summed E-state index contributed by atoms with van der Waals surface area (Å²) in [5, 5.41) is 3.95. The van der Waals surface area contributed by atoms with E-state index in [9.17, 15) is 4.79 Å². The van der Waals surface area contributed by atoms with E-state index in [-0.39, 0.29) is 6.03 Å². The largest absolute Gasteiger partial charge is 0.354 e. The molecule has 26 heavy (non-hydrogen) atoms. The maximum atomic E-state index is 12.4. The van der Waals surface area contributed by atoms with E-state index < -0.39 is 0 Å². The number of piperidine rings is 1. The van der Waals surface area contributed by atoms with Crippen LogP contribution in [0, 0.1) is 13.8 Å². The van der Waals surface area contributed by atoms with Crippen LogP contribution in [0.25, 0.3) is 0 Å². The lowest BCUT2D eigenvalue weighted by Gasteiger charge is -2.35. The molecule has 0 radical (unpaired) electrons. The predicted octanol–water partition coefficient (Wildman–Crippen LogP) is 4.20. The van der Waals surface area contributed by atoms with Crippen molar-refractivity contribution in [2.45, 2.75) is 52.6 Å². The fourth-order valence-corrected chi connectivity index (χ4v) is 4.20. The molecule has 0 saturated carbocycles. The molecule has 2 aromatic heterocycles. The summed E-state index contributed by atoms with van der Waals surface area (Å²) in [5.74, 6) is 1.03. The fourth-order valence-electron chi connectivity index (χ4n) is 3.35. The summed E-state index contributed by atoms with van der Waals surface area (Å²) in [6.45, 7) is 7.88. The van der Waals surface area contributed by atoms with Crippen molar-refractivity contribution in [3.63, 3.8) is 0 Å². The minimum atomic E-state index is -0.142. The highest BCUT2D eigenvalue weighted by Gasteiger charge is 2.21. The van der Waals surface area contributed by atoms with Crippen LogP contribution in [0.5, 0.6) is 0 Å². The second-order valence-corrected chi connectivity index (χ2v) is 8.35. The molecule has 140 valence electrons. The van der Waals surface area contributed by atoms with Crippen LogP contribution in [0.4, 0.5) is 16.3 Å². The van der Waals surface area contributed by atoms with Crippen LogP contribution in [0.3, 0.4) is 0 Å². The van der Waals surface area contributed by atoms with Crippen LogP contribution >= 0.6 is 11.3 Å². The molecular formula is C19H27N5OS. The molecule has 1 atom stereocenters. The number of nitrogens with zero attached hydrogens (tertiary/aromatic N) is 4. The first kappa shape index (κ1) is 18.6. The highest BCUT2D eigenvalue weighted by Crippen LogP contribution is 2.27. The zero-order chi connectivity index (χ0) is 18.7. The van der Waals surface area contributed by atoms with Gasteiger partial charge in [0.15, 0.2) is 0 Å². The molecule has 1 aliphatic rings. The van der Waals surface area contributed by atoms with Crippen LogP contribution in [0.1, 0.15) is 41.6 Å². The highest BCUT2D eigenvalue weighted by atomic mass is 32.1. The molecule has 3 rings (SSSR count). The predicted molar refractivity (Wildman–Crippen MR) is 107 cm³/mol. The third-order valence-corrected chi connectivity index (χ3v) is 5.68. The summed E-state index contributed by atoms with van der Waals surface area (Å²) >= 11 is 1.61. The first-order valence-electron chi connectivity index (χ1n) is 9.10. The molecule has 1 saturated heterocycles. The summed E-state index contributed by atoms with van der Waals surface area (Å²) in [4.78, 5) is 26.4. The molecule has 0 spiro atoms. The van der Waals surface area contributed by atoms with Crippen LogP contribution in [-0.4, -0.2) is 40.5 Å². The van der Waals surface area contributed by atoms with Gasteiger partial charge in [-0.25, -0.2) is 14.8 Å². The van der Waals surface area contributed by atoms with Gasteiger partial charge in [-0.05, 0) is 51.7 Å². The molecule has 1 unspecified atom stereocenters. The number of anilines is 2. The number of nitrogens with one attached hydrogen (secondary N) is 1. The molecule has 6 nitrogen and oxygen atoms in total. The first-order valence-corrected chi connectivity index (χ1v) is 9.92. The Kier molecular flexibility index (Phi) is 5.76. The van der Waals surface area contributed by atoms with Crippen LogP contribution in [-0.2, 0) is 6.54 Å². The fraction of sp³-hybridized carbons (Fsp3) is 0.526. The molecule has 1 fully saturated rings. The first-order chi connectivity index (χ1) is 12.4. The molecule has 2 aromatic rings. The Hall–Kier alpha value is -2.15. The van der Waals surface area contributed by atoms with E-state index in [2.05, 4.69) is 34.0 Å². The Labute approximate surface area is 159 Å². The lowest BCUT2D eigenvalue weighted by atomic mass is 10.0. The van der Waals surface area contributed by atoms with Gasteiger partial charge in [0.1, 0.15) is 5.82 Å². The van der Waals surface area contributed by atoms with Gasteiger partial charge in [0.2, 0.25) is 0 Å². The van der Waals surface area contributed by atoms with Crippen molar-refractivity contribution >= 4 is 28.9 Å². The van der Waals surface area contributed by atoms with Crippen molar-refractivity contribution in [2.24, 2.45) is 0 Å². The van der Waals surface area contributed by atoms with Gasteiger partial charge in [-0.3, -0.25) is 0 Å². The van der Waals surface area contributed by atoms with E-state index >= 15 is 0 Å². The Morgan fingerprint density at radius 1 is 1.35 bits per heavy atom. The Balaban J connectivity index is 1.64. The monoisotopic (exact) mass is 373 g/mol. The number of hydrogen-bond donors (Lipinski definition) is 1. The average Bonchev–Trinajstić information content (AvgIpc) is 3.01. The average molecular weight is 374 g/mol. The van der Waals surface area contributed by atoms with E-state index in [1.165, 1.54) is 19.3 Å². The molecular weight excluding hydrogens is 346 g/mol. The van der Waals surface area contributed by atoms with Gasteiger partial charge in [-0.1, -0.05) is 0 Å². The second kappa shape index (κ2) is 8.03. The Morgan fingerprint density at radius 3 is 2.81 bits per heavy atom. The Morgan fingerprint density at radius 2 is 2.15 bits per heavy atom. The third kappa shape index (κ3) is 4.33. The molecule has 3 heterocycles. The molecule has 1 N–H and O–H groups in total. The van der Waals surface area contributed by atoms with Crippen LogP contribution in [0.2, 0.25) is 0 Å². The number of thiazole rings is 1.